The van der Waals surface area contributed by atoms with Crippen molar-refractivity contribution < 1.29 is 19.1 Å². The van der Waals surface area contributed by atoms with Crippen LogP contribution in [0.2, 0.25) is 0 Å². The fraction of sp³-hybridized carbons (Fsp3) is 0.857. The summed E-state index contributed by atoms with van der Waals surface area (Å²) in [5.74, 6) is 1.42. The van der Waals surface area contributed by atoms with Crippen LogP contribution in [-0.4, -0.2) is 24.6 Å². The molecule has 0 radical (unpaired) electrons. The summed E-state index contributed by atoms with van der Waals surface area (Å²) in [5, 5.41) is 0. The molecule has 0 bridgehead atoms. The van der Waals surface area contributed by atoms with Gasteiger partial charge in [-0.3, -0.25) is 9.59 Å². The van der Waals surface area contributed by atoms with Crippen molar-refractivity contribution in [3.8, 4) is 0 Å². The van der Waals surface area contributed by atoms with Crippen LogP contribution in [0.4, 0.5) is 0 Å². The maximum Gasteiger partial charge on any atom is 0.311 e. The molecule has 0 amide bonds. The molecule has 4 aliphatic rings. The number of rotatable bonds is 4. The number of ether oxygens (including phenoxy) is 2. The van der Waals surface area contributed by atoms with Gasteiger partial charge in [-0.1, -0.05) is 30.9 Å². The van der Waals surface area contributed by atoms with Crippen LogP contribution in [0, 0.1) is 34.0 Å². The minimum Gasteiger partial charge on any atom is -0.465 e. The standard InChI is InChI=1S/C28H44O4/c1-18(32-25(30)26(3,4)5)22-12-13-23-21-11-10-20-9-7-8-15-28(20,17-31-19(2)29)24(21)14-16-27(22,23)6/h18,20,22,24H,7-17H2,1-6H3/t18?,20?,22-,24+,27-,28-/m1/s1. The Hall–Kier alpha value is -1.32. The van der Waals surface area contributed by atoms with Crippen LogP contribution in [0.1, 0.15) is 106 Å². The average molecular weight is 445 g/mol. The van der Waals surface area contributed by atoms with Gasteiger partial charge >= 0.3 is 11.9 Å². The van der Waals surface area contributed by atoms with Gasteiger partial charge in [-0.15, -0.1) is 0 Å². The number of esters is 2. The molecule has 6 atom stereocenters. The van der Waals surface area contributed by atoms with Crippen molar-refractivity contribution in [3.63, 3.8) is 0 Å². The molecule has 0 saturated heterocycles. The van der Waals surface area contributed by atoms with Crippen molar-refractivity contribution in [2.75, 3.05) is 6.61 Å². The van der Waals surface area contributed by atoms with Crippen LogP contribution in [-0.2, 0) is 19.1 Å². The summed E-state index contributed by atoms with van der Waals surface area (Å²) in [5.41, 5.74) is 3.18. The number of hydrogen-bond donors (Lipinski definition) is 0. The molecule has 0 spiro atoms. The van der Waals surface area contributed by atoms with Gasteiger partial charge in [-0.25, -0.2) is 0 Å². The highest BCUT2D eigenvalue weighted by molar-refractivity contribution is 5.75. The molecule has 4 aliphatic carbocycles. The first kappa shape index (κ1) is 23.8. The summed E-state index contributed by atoms with van der Waals surface area (Å²) < 4.78 is 11.7. The molecule has 2 unspecified atom stereocenters. The SMILES string of the molecule is CC(=O)OC[C@]12CCCCC1CCC1=C3CC[C@H](C(C)OC(=O)C(C)(C)C)[C@@]3(C)CC[C@@H]12. The first-order valence-electron chi connectivity index (χ1n) is 13.1. The largest absolute Gasteiger partial charge is 0.465 e. The normalized spacial score (nSPS) is 37.8. The molecule has 0 aliphatic heterocycles. The highest BCUT2D eigenvalue weighted by Gasteiger charge is 2.57. The van der Waals surface area contributed by atoms with Gasteiger partial charge < -0.3 is 9.47 Å². The minimum absolute atomic E-state index is 0.0533. The average Bonchev–Trinajstić information content (AvgIpc) is 3.08. The van der Waals surface area contributed by atoms with Gasteiger partial charge in [0, 0.05) is 18.3 Å². The topological polar surface area (TPSA) is 52.6 Å². The molecule has 3 fully saturated rings. The zero-order chi connectivity index (χ0) is 23.3. The Bertz CT molecular complexity index is 790. The summed E-state index contributed by atoms with van der Waals surface area (Å²) in [7, 11) is 0. The lowest BCUT2D eigenvalue weighted by molar-refractivity contribution is -0.162. The van der Waals surface area contributed by atoms with Crippen molar-refractivity contribution >= 4 is 11.9 Å². The highest BCUT2D eigenvalue weighted by atomic mass is 16.5. The fourth-order valence-corrected chi connectivity index (χ4v) is 8.04. The summed E-state index contributed by atoms with van der Waals surface area (Å²) in [4.78, 5) is 24.3. The molecule has 0 aromatic carbocycles. The van der Waals surface area contributed by atoms with E-state index in [1.165, 1.54) is 44.9 Å². The third kappa shape index (κ3) is 3.94. The molecular formula is C28H44O4. The lowest BCUT2D eigenvalue weighted by Gasteiger charge is -2.57. The summed E-state index contributed by atoms with van der Waals surface area (Å²) in [6.45, 7) is 12.5. The summed E-state index contributed by atoms with van der Waals surface area (Å²) in [6, 6.07) is 0. The molecule has 4 rings (SSSR count). The number of carbonyl (C=O) groups is 2. The molecule has 0 heterocycles. The van der Waals surface area contributed by atoms with Crippen LogP contribution < -0.4 is 0 Å². The van der Waals surface area contributed by atoms with Crippen LogP contribution >= 0.6 is 0 Å². The molecule has 4 heteroatoms. The van der Waals surface area contributed by atoms with E-state index in [-0.39, 0.29) is 28.9 Å². The third-order valence-electron chi connectivity index (χ3n) is 9.70. The summed E-state index contributed by atoms with van der Waals surface area (Å²) in [6.07, 6.45) is 12.1. The zero-order valence-corrected chi connectivity index (χ0v) is 21.2. The van der Waals surface area contributed by atoms with E-state index in [4.69, 9.17) is 9.47 Å². The van der Waals surface area contributed by atoms with E-state index in [1.807, 2.05) is 20.8 Å². The van der Waals surface area contributed by atoms with Gasteiger partial charge in [0.2, 0.25) is 0 Å². The maximum atomic E-state index is 12.6. The van der Waals surface area contributed by atoms with Crippen molar-refractivity contribution in [3.05, 3.63) is 11.1 Å². The molecule has 4 nitrogen and oxygen atoms in total. The van der Waals surface area contributed by atoms with Gasteiger partial charge in [0.15, 0.2) is 0 Å². The van der Waals surface area contributed by atoms with E-state index in [1.54, 1.807) is 18.1 Å². The minimum atomic E-state index is -0.463. The Morgan fingerprint density at radius 3 is 2.50 bits per heavy atom. The smallest absolute Gasteiger partial charge is 0.311 e. The lowest BCUT2D eigenvalue weighted by atomic mass is 9.48. The Labute approximate surface area is 194 Å². The van der Waals surface area contributed by atoms with Gasteiger partial charge in [0.05, 0.1) is 12.0 Å². The number of carbonyl (C=O) groups excluding carboxylic acids is 2. The Morgan fingerprint density at radius 1 is 1.06 bits per heavy atom. The number of hydrogen-bond acceptors (Lipinski definition) is 4. The fourth-order valence-electron chi connectivity index (χ4n) is 8.04. The highest BCUT2D eigenvalue weighted by Crippen LogP contribution is 2.65. The Kier molecular flexibility index (Phi) is 6.31. The predicted molar refractivity (Wildman–Crippen MR) is 126 cm³/mol. The van der Waals surface area contributed by atoms with Crippen molar-refractivity contribution in [2.24, 2.45) is 34.0 Å². The molecule has 0 aromatic rings. The molecule has 0 N–H and O–H groups in total. The van der Waals surface area contributed by atoms with Crippen LogP contribution in [0.3, 0.4) is 0 Å². The molecule has 0 aromatic heterocycles. The number of allylic oxidation sites excluding steroid dienone is 2. The van der Waals surface area contributed by atoms with Crippen LogP contribution in [0.25, 0.3) is 0 Å². The van der Waals surface area contributed by atoms with Crippen molar-refractivity contribution in [2.45, 2.75) is 112 Å². The monoisotopic (exact) mass is 444 g/mol. The van der Waals surface area contributed by atoms with E-state index in [2.05, 4.69) is 13.8 Å². The molecule has 180 valence electrons. The van der Waals surface area contributed by atoms with Crippen molar-refractivity contribution in [1.82, 2.24) is 0 Å². The maximum absolute atomic E-state index is 12.6. The van der Waals surface area contributed by atoms with Crippen molar-refractivity contribution in [1.29, 1.82) is 0 Å². The van der Waals surface area contributed by atoms with Crippen LogP contribution in [0.15, 0.2) is 11.1 Å². The first-order valence-corrected chi connectivity index (χ1v) is 13.1. The van der Waals surface area contributed by atoms with E-state index >= 15 is 0 Å². The van der Waals surface area contributed by atoms with Gasteiger partial charge in [-0.05, 0) is 96.3 Å². The Morgan fingerprint density at radius 2 is 1.81 bits per heavy atom. The van der Waals surface area contributed by atoms with Gasteiger partial charge in [0.25, 0.3) is 0 Å². The molecule has 3 saturated carbocycles. The predicted octanol–water partition coefficient (Wildman–Crippen LogP) is 6.62. The number of fused-ring (bicyclic) bond motifs is 4. The summed E-state index contributed by atoms with van der Waals surface area (Å²) >= 11 is 0. The first-order chi connectivity index (χ1) is 15.0. The van der Waals surface area contributed by atoms with E-state index < -0.39 is 5.41 Å². The lowest BCUT2D eigenvalue weighted by Crippen LogP contribution is -2.51. The zero-order valence-electron chi connectivity index (χ0n) is 21.2. The second-order valence-corrected chi connectivity index (χ2v) is 12.5. The molecular weight excluding hydrogens is 400 g/mol. The van der Waals surface area contributed by atoms with E-state index in [0.717, 1.165) is 19.3 Å². The third-order valence-corrected chi connectivity index (χ3v) is 9.70. The quantitative estimate of drug-likeness (QED) is 0.361. The second-order valence-electron chi connectivity index (χ2n) is 12.5. The second kappa shape index (κ2) is 8.47. The Balaban J connectivity index is 1.62. The van der Waals surface area contributed by atoms with Gasteiger partial charge in [0.1, 0.15) is 6.10 Å². The van der Waals surface area contributed by atoms with E-state index in [9.17, 15) is 9.59 Å². The van der Waals surface area contributed by atoms with Crippen LogP contribution in [0.5, 0.6) is 0 Å². The molecule has 32 heavy (non-hydrogen) atoms. The van der Waals surface area contributed by atoms with E-state index in [0.29, 0.717) is 24.4 Å². The van der Waals surface area contributed by atoms with Gasteiger partial charge in [-0.2, -0.15) is 0 Å².